The van der Waals surface area contributed by atoms with Crippen molar-refractivity contribution in [1.82, 2.24) is 15.5 Å². The van der Waals surface area contributed by atoms with Crippen molar-refractivity contribution in [3.8, 4) is 11.5 Å². The predicted octanol–water partition coefficient (Wildman–Crippen LogP) is 2.70. The van der Waals surface area contributed by atoms with E-state index in [0.717, 1.165) is 23.5 Å². The van der Waals surface area contributed by atoms with E-state index in [0.29, 0.717) is 32.3 Å². The molecule has 0 saturated heterocycles. The van der Waals surface area contributed by atoms with Crippen LogP contribution in [-0.4, -0.2) is 71.3 Å². The van der Waals surface area contributed by atoms with Crippen LogP contribution in [0.3, 0.4) is 0 Å². The fourth-order valence-electron chi connectivity index (χ4n) is 2.73. The van der Waals surface area contributed by atoms with Crippen LogP contribution in [0.1, 0.15) is 11.1 Å². The number of guanidine groups is 1. The average Bonchev–Trinajstić information content (AvgIpc) is 2.82. The Morgan fingerprint density at radius 3 is 1.97 bits per heavy atom. The average molecular weight is 570 g/mol. The number of nitrogens with zero attached hydrogens (tertiary/aromatic N) is 2. The van der Waals surface area contributed by atoms with E-state index in [1.165, 1.54) is 10.5 Å². The van der Waals surface area contributed by atoms with Crippen LogP contribution in [0.15, 0.2) is 53.5 Å². The third-order valence-electron chi connectivity index (χ3n) is 4.70. The Kier molecular flexibility index (Phi) is 13.9. The number of methoxy groups -OCH3 is 2. The first-order valence-electron chi connectivity index (χ1n) is 10.6. The number of ether oxygens (including phenoxy) is 3. The van der Waals surface area contributed by atoms with Crippen molar-refractivity contribution in [1.29, 1.82) is 0 Å². The van der Waals surface area contributed by atoms with Gasteiger partial charge in [0.05, 0.1) is 27.4 Å². The molecule has 2 rings (SSSR count). The number of aliphatic imine (C=N–C) groups is 1. The molecule has 2 aromatic rings. The summed E-state index contributed by atoms with van der Waals surface area (Å²) in [6.45, 7) is 2.36. The second-order valence-electron chi connectivity index (χ2n) is 7.31. The molecule has 0 unspecified atom stereocenters. The van der Waals surface area contributed by atoms with Crippen LogP contribution in [-0.2, 0) is 22.6 Å². The Morgan fingerprint density at radius 1 is 0.879 bits per heavy atom. The van der Waals surface area contributed by atoms with Crippen LogP contribution in [0.25, 0.3) is 0 Å². The van der Waals surface area contributed by atoms with Gasteiger partial charge in [-0.3, -0.25) is 4.79 Å². The number of amides is 1. The lowest BCUT2D eigenvalue weighted by Gasteiger charge is -2.14. The van der Waals surface area contributed by atoms with Crippen molar-refractivity contribution in [3.05, 3.63) is 59.7 Å². The third-order valence-corrected chi connectivity index (χ3v) is 4.70. The van der Waals surface area contributed by atoms with E-state index in [-0.39, 0.29) is 36.4 Å². The highest BCUT2D eigenvalue weighted by Crippen LogP contribution is 2.12. The van der Waals surface area contributed by atoms with Gasteiger partial charge >= 0.3 is 0 Å². The van der Waals surface area contributed by atoms with E-state index in [2.05, 4.69) is 15.6 Å². The molecular formula is C24H35IN4O4. The Hall–Kier alpha value is -2.53. The predicted molar refractivity (Wildman–Crippen MR) is 142 cm³/mol. The topological polar surface area (TPSA) is 84.4 Å². The number of likely N-dealkylation sites (N-methyl/N-ethyl adjacent to an activating group) is 1. The first kappa shape index (κ1) is 28.5. The van der Waals surface area contributed by atoms with Crippen molar-refractivity contribution in [2.75, 3.05) is 54.6 Å². The molecule has 182 valence electrons. The highest BCUT2D eigenvalue weighted by molar-refractivity contribution is 14.0. The van der Waals surface area contributed by atoms with E-state index < -0.39 is 0 Å². The van der Waals surface area contributed by atoms with Gasteiger partial charge in [0.25, 0.3) is 0 Å². The molecule has 0 aliphatic heterocycles. The van der Waals surface area contributed by atoms with Gasteiger partial charge < -0.3 is 29.7 Å². The summed E-state index contributed by atoms with van der Waals surface area (Å²) in [4.78, 5) is 17.8. The third kappa shape index (κ3) is 11.2. The maximum absolute atomic E-state index is 11.9. The number of benzene rings is 2. The van der Waals surface area contributed by atoms with Crippen LogP contribution in [0.2, 0.25) is 0 Å². The molecule has 0 aliphatic rings. The molecule has 2 aromatic carbocycles. The smallest absolute Gasteiger partial charge is 0.243 e. The molecule has 0 fully saturated rings. The van der Waals surface area contributed by atoms with E-state index in [1.54, 1.807) is 28.3 Å². The molecule has 0 aliphatic carbocycles. The normalized spacial score (nSPS) is 10.7. The first-order chi connectivity index (χ1) is 15.5. The number of hydrogen-bond donors (Lipinski definition) is 2. The monoisotopic (exact) mass is 570 g/mol. The molecule has 0 aromatic heterocycles. The van der Waals surface area contributed by atoms with Crippen LogP contribution < -0.4 is 20.1 Å². The molecule has 8 nitrogen and oxygen atoms in total. The SMILES string of the molecule is COc1ccc(CCNC(=NCC(=O)N(C)C)NCCOCc2ccc(OC)cc2)cc1.I. The Balaban J connectivity index is 0.00000544. The van der Waals surface area contributed by atoms with Gasteiger partial charge in [0.2, 0.25) is 5.91 Å². The van der Waals surface area contributed by atoms with Gasteiger partial charge in [-0.2, -0.15) is 0 Å². The molecule has 0 spiro atoms. The summed E-state index contributed by atoms with van der Waals surface area (Å²) in [5.41, 5.74) is 2.26. The number of nitrogens with one attached hydrogen (secondary N) is 2. The molecule has 1 amide bonds. The highest BCUT2D eigenvalue weighted by atomic mass is 127. The van der Waals surface area contributed by atoms with Crippen LogP contribution in [0.4, 0.5) is 0 Å². The lowest BCUT2D eigenvalue weighted by molar-refractivity contribution is -0.127. The zero-order chi connectivity index (χ0) is 23.2. The van der Waals surface area contributed by atoms with Crippen molar-refractivity contribution in [2.24, 2.45) is 4.99 Å². The minimum Gasteiger partial charge on any atom is -0.497 e. The van der Waals surface area contributed by atoms with Crippen LogP contribution in [0.5, 0.6) is 11.5 Å². The van der Waals surface area contributed by atoms with Crippen molar-refractivity contribution in [2.45, 2.75) is 13.0 Å². The van der Waals surface area contributed by atoms with Crippen LogP contribution in [0, 0.1) is 0 Å². The quantitative estimate of drug-likeness (QED) is 0.177. The molecule has 0 saturated carbocycles. The zero-order valence-corrected chi connectivity index (χ0v) is 22.1. The van der Waals surface area contributed by atoms with Gasteiger partial charge in [0, 0.05) is 27.2 Å². The summed E-state index contributed by atoms with van der Waals surface area (Å²) in [5.74, 6) is 2.19. The molecule has 0 heterocycles. The fourth-order valence-corrected chi connectivity index (χ4v) is 2.73. The second-order valence-corrected chi connectivity index (χ2v) is 7.31. The van der Waals surface area contributed by atoms with E-state index in [9.17, 15) is 4.79 Å². The summed E-state index contributed by atoms with van der Waals surface area (Å²) >= 11 is 0. The lowest BCUT2D eigenvalue weighted by atomic mass is 10.1. The number of halogens is 1. The van der Waals surface area contributed by atoms with E-state index in [4.69, 9.17) is 14.2 Å². The first-order valence-corrected chi connectivity index (χ1v) is 10.6. The van der Waals surface area contributed by atoms with Gasteiger partial charge in [-0.1, -0.05) is 24.3 Å². The van der Waals surface area contributed by atoms with Gasteiger partial charge in [0.15, 0.2) is 5.96 Å². The molecular weight excluding hydrogens is 535 g/mol. The molecule has 33 heavy (non-hydrogen) atoms. The summed E-state index contributed by atoms with van der Waals surface area (Å²) in [6, 6.07) is 15.7. The molecule has 2 N–H and O–H groups in total. The Bertz CT molecular complexity index is 843. The summed E-state index contributed by atoms with van der Waals surface area (Å²) < 4.78 is 16.1. The Morgan fingerprint density at radius 2 is 1.42 bits per heavy atom. The molecule has 0 radical (unpaired) electrons. The van der Waals surface area contributed by atoms with Crippen LogP contribution >= 0.6 is 24.0 Å². The van der Waals surface area contributed by atoms with Crippen molar-refractivity contribution >= 4 is 35.8 Å². The molecule has 9 heteroatoms. The maximum Gasteiger partial charge on any atom is 0.243 e. The standard InChI is InChI=1S/C24H34N4O4.HI/c1-28(2)23(29)17-27-24(25-14-13-19-5-9-21(30-3)10-6-19)26-15-16-32-18-20-7-11-22(31-4)12-8-20;/h5-12H,13-18H2,1-4H3,(H2,25,26,27);1H. The summed E-state index contributed by atoms with van der Waals surface area (Å²) in [6.07, 6.45) is 0.820. The van der Waals surface area contributed by atoms with Gasteiger partial charge in [-0.05, 0) is 41.8 Å². The van der Waals surface area contributed by atoms with Crippen molar-refractivity contribution in [3.63, 3.8) is 0 Å². The highest BCUT2D eigenvalue weighted by Gasteiger charge is 2.05. The van der Waals surface area contributed by atoms with Gasteiger partial charge in [-0.25, -0.2) is 4.99 Å². The number of hydrogen-bond acceptors (Lipinski definition) is 5. The Labute approximate surface area is 213 Å². The number of rotatable bonds is 12. The van der Waals surface area contributed by atoms with E-state index in [1.807, 2.05) is 48.5 Å². The lowest BCUT2D eigenvalue weighted by Crippen LogP contribution is -2.41. The second kappa shape index (κ2) is 16.1. The maximum atomic E-state index is 11.9. The minimum absolute atomic E-state index is 0. The zero-order valence-electron chi connectivity index (χ0n) is 19.8. The largest absolute Gasteiger partial charge is 0.497 e. The van der Waals surface area contributed by atoms with E-state index >= 15 is 0 Å². The number of carbonyl (C=O) groups is 1. The summed E-state index contributed by atoms with van der Waals surface area (Å²) in [5, 5.41) is 6.51. The molecule has 0 atom stereocenters. The fraction of sp³-hybridized carbons (Fsp3) is 0.417. The minimum atomic E-state index is -0.0583. The van der Waals surface area contributed by atoms with Gasteiger partial charge in [-0.15, -0.1) is 24.0 Å². The van der Waals surface area contributed by atoms with Crippen molar-refractivity contribution < 1.29 is 19.0 Å². The molecule has 0 bridgehead atoms. The number of carbonyl (C=O) groups excluding carboxylic acids is 1. The summed E-state index contributed by atoms with van der Waals surface area (Å²) in [7, 11) is 6.73. The van der Waals surface area contributed by atoms with Gasteiger partial charge in [0.1, 0.15) is 18.0 Å².